The molecule has 1 amide bonds. The van der Waals surface area contributed by atoms with Crippen LogP contribution in [0.2, 0.25) is 4.34 Å². The molecule has 7 heteroatoms. The van der Waals surface area contributed by atoms with Crippen molar-refractivity contribution in [1.29, 1.82) is 0 Å². The molecule has 0 fully saturated rings. The van der Waals surface area contributed by atoms with Crippen LogP contribution in [0.5, 0.6) is 0 Å². The molecular weight excluding hydrogens is 384 g/mol. The van der Waals surface area contributed by atoms with Gasteiger partial charge < -0.3 is 9.64 Å². The van der Waals surface area contributed by atoms with Crippen LogP contribution in [0.1, 0.15) is 26.5 Å². The van der Waals surface area contributed by atoms with Crippen molar-refractivity contribution in [2.24, 2.45) is 0 Å². The van der Waals surface area contributed by atoms with Gasteiger partial charge >= 0.3 is 5.97 Å². The van der Waals surface area contributed by atoms with E-state index in [0.717, 1.165) is 21.3 Å². The minimum Gasteiger partial charge on any atom is -0.452 e. The van der Waals surface area contributed by atoms with Crippen molar-refractivity contribution >= 4 is 45.7 Å². The molecule has 3 aromatic rings. The molecule has 0 unspecified atom stereocenters. The average molecular weight is 403 g/mol. The maximum Gasteiger partial charge on any atom is 0.340 e. The lowest BCUT2D eigenvalue weighted by molar-refractivity contribution is -0.133. The maximum absolute atomic E-state index is 12.6. The second-order valence-corrected chi connectivity index (χ2v) is 8.05. The van der Waals surface area contributed by atoms with Crippen molar-refractivity contribution in [3.05, 3.63) is 62.4 Å². The summed E-state index contributed by atoms with van der Waals surface area (Å²) in [4.78, 5) is 31.8. The van der Waals surface area contributed by atoms with Crippen molar-refractivity contribution in [2.75, 3.05) is 13.7 Å². The Labute approximate surface area is 166 Å². The predicted octanol–water partition coefficient (Wildman–Crippen LogP) is 4.38. The summed E-state index contributed by atoms with van der Waals surface area (Å²) in [5, 5.41) is 0.896. The molecule has 0 saturated carbocycles. The fraction of sp³-hybridized carbons (Fsp3) is 0.250. The Kier molecular flexibility index (Phi) is 5.77. The van der Waals surface area contributed by atoms with Crippen LogP contribution in [0.4, 0.5) is 0 Å². The molecule has 0 saturated heterocycles. The Balaban J connectivity index is 1.68. The molecular formula is C20H19ClN2O3S. The number of nitrogens with zero attached hydrogens (tertiary/aromatic N) is 2. The number of rotatable bonds is 5. The fourth-order valence-electron chi connectivity index (χ4n) is 2.90. The summed E-state index contributed by atoms with van der Waals surface area (Å²) in [6.07, 6.45) is 0. The van der Waals surface area contributed by atoms with Crippen molar-refractivity contribution in [2.45, 2.75) is 20.4 Å². The number of pyridine rings is 1. The molecule has 0 aliphatic rings. The number of benzene rings is 1. The van der Waals surface area contributed by atoms with Crippen LogP contribution in [0, 0.1) is 13.8 Å². The molecule has 0 bridgehead atoms. The number of carbonyl (C=O) groups is 2. The summed E-state index contributed by atoms with van der Waals surface area (Å²) >= 11 is 7.32. The van der Waals surface area contributed by atoms with Crippen LogP contribution < -0.4 is 0 Å². The largest absolute Gasteiger partial charge is 0.452 e. The maximum atomic E-state index is 12.6. The topological polar surface area (TPSA) is 59.5 Å². The van der Waals surface area contributed by atoms with Crippen LogP contribution in [-0.2, 0) is 16.1 Å². The van der Waals surface area contributed by atoms with Gasteiger partial charge in [0, 0.05) is 17.3 Å². The van der Waals surface area contributed by atoms with Gasteiger partial charge in [0.1, 0.15) is 0 Å². The van der Waals surface area contributed by atoms with E-state index in [9.17, 15) is 9.59 Å². The molecule has 0 atom stereocenters. The fourth-order valence-corrected chi connectivity index (χ4v) is 4.04. The van der Waals surface area contributed by atoms with Crippen molar-refractivity contribution in [3.8, 4) is 0 Å². The zero-order valence-electron chi connectivity index (χ0n) is 15.3. The number of amides is 1. The zero-order valence-corrected chi connectivity index (χ0v) is 16.9. The Morgan fingerprint density at radius 1 is 1.19 bits per heavy atom. The van der Waals surface area contributed by atoms with Crippen LogP contribution in [0.25, 0.3) is 10.9 Å². The van der Waals surface area contributed by atoms with Crippen molar-refractivity contribution < 1.29 is 14.3 Å². The smallest absolute Gasteiger partial charge is 0.340 e. The summed E-state index contributed by atoms with van der Waals surface area (Å²) in [7, 11) is 1.66. The van der Waals surface area contributed by atoms with E-state index >= 15 is 0 Å². The predicted molar refractivity (Wildman–Crippen MR) is 107 cm³/mol. The van der Waals surface area contributed by atoms with E-state index < -0.39 is 5.97 Å². The van der Waals surface area contributed by atoms with E-state index in [-0.39, 0.29) is 12.5 Å². The van der Waals surface area contributed by atoms with E-state index in [1.165, 1.54) is 16.2 Å². The van der Waals surface area contributed by atoms with Crippen LogP contribution in [0.3, 0.4) is 0 Å². The van der Waals surface area contributed by atoms with E-state index in [0.29, 0.717) is 22.1 Å². The van der Waals surface area contributed by atoms with Gasteiger partial charge in [0.25, 0.3) is 5.91 Å². The van der Waals surface area contributed by atoms with Gasteiger partial charge in [-0.05, 0) is 37.6 Å². The molecule has 2 aromatic heterocycles. The molecule has 27 heavy (non-hydrogen) atoms. The van der Waals surface area contributed by atoms with E-state index in [2.05, 4.69) is 4.98 Å². The zero-order chi connectivity index (χ0) is 19.6. The SMILES string of the molecule is Cc1nc2ccccc2c(C)c1C(=O)OCC(=O)N(C)Cc1ccc(Cl)s1. The first-order chi connectivity index (χ1) is 12.9. The van der Waals surface area contributed by atoms with Gasteiger partial charge in [-0.2, -0.15) is 0 Å². The number of fused-ring (bicyclic) bond motifs is 1. The molecule has 140 valence electrons. The summed E-state index contributed by atoms with van der Waals surface area (Å²) < 4.78 is 5.94. The van der Waals surface area contributed by atoms with E-state index in [1.54, 1.807) is 20.0 Å². The lowest BCUT2D eigenvalue weighted by Gasteiger charge is -2.17. The van der Waals surface area contributed by atoms with Gasteiger partial charge in [0.05, 0.1) is 27.7 Å². The van der Waals surface area contributed by atoms with Crippen LogP contribution in [-0.4, -0.2) is 35.4 Å². The van der Waals surface area contributed by atoms with E-state index in [4.69, 9.17) is 16.3 Å². The first-order valence-electron chi connectivity index (χ1n) is 8.38. The summed E-state index contributed by atoms with van der Waals surface area (Å²) in [5.74, 6) is -0.818. The second-order valence-electron chi connectivity index (χ2n) is 6.25. The molecule has 1 aromatic carbocycles. The monoisotopic (exact) mass is 402 g/mol. The number of aryl methyl sites for hydroxylation is 2. The number of esters is 1. The highest BCUT2D eigenvalue weighted by atomic mass is 35.5. The molecule has 0 radical (unpaired) electrons. The normalized spacial score (nSPS) is 10.8. The number of ether oxygens (including phenoxy) is 1. The number of hydrogen-bond donors (Lipinski definition) is 0. The molecule has 5 nitrogen and oxygen atoms in total. The summed E-state index contributed by atoms with van der Waals surface area (Å²) in [6.45, 7) is 3.73. The summed E-state index contributed by atoms with van der Waals surface area (Å²) in [6, 6.07) is 11.3. The molecule has 0 N–H and O–H groups in total. The number of thiophene rings is 1. The second kappa shape index (κ2) is 8.06. The van der Waals surface area contributed by atoms with Crippen molar-refractivity contribution in [1.82, 2.24) is 9.88 Å². The number of para-hydroxylation sites is 1. The Morgan fingerprint density at radius 3 is 2.63 bits per heavy atom. The van der Waals surface area contributed by atoms with Crippen molar-refractivity contribution in [3.63, 3.8) is 0 Å². The molecule has 3 rings (SSSR count). The Bertz CT molecular complexity index is 1020. The third-order valence-electron chi connectivity index (χ3n) is 4.31. The molecule has 0 aliphatic carbocycles. The molecule has 0 aliphatic heterocycles. The van der Waals surface area contributed by atoms with Gasteiger partial charge in [0.2, 0.25) is 0 Å². The molecule has 2 heterocycles. The summed E-state index contributed by atoms with van der Waals surface area (Å²) in [5.41, 5.74) is 2.63. The molecule has 0 spiro atoms. The van der Waals surface area contributed by atoms with Gasteiger partial charge in [-0.1, -0.05) is 29.8 Å². The Morgan fingerprint density at radius 2 is 1.93 bits per heavy atom. The third-order valence-corrected chi connectivity index (χ3v) is 5.53. The van der Waals surface area contributed by atoms with Gasteiger partial charge in [-0.3, -0.25) is 9.78 Å². The quantitative estimate of drug-likeness (QED) is 0.594. The highest BCUT2D eigenvalue weighted by Gasteiger charge is 2.20. The highest BCUT2D eigenvalue weighted by Crippen LogP contribution is 2.24. The van der Waals surface area contributed by atoms with E-state index in [1.807, 2.05) is 37.3 Å². The standard InChI is InChI=1S/C20H19ClN2O3S/c1-12-15-6-4-5-7-16(15)22-13(2)19(12)20(25)26-11-18(24)23(3)10-14-8-9-17(21)27-14/h4-9H,10-11H2,1-3H3. The lowest BCUT2D eigenvalue weighted by atomic mass is 10.0. The number of likely N-dealkylation sites (N-methyl/N-ethyl adjacent to an activating group) is 1. The first-order valence-corrected chi connectivity index (χ1v) is 9.57. The first kappa shape index (κ1) is 19.3. The lowest BCUT2D eigenvalue weighted by Crippen LogP contribution is -2.30. The third kappa shape index (κ3) is 4.28. The number of hydrogen-bond acceptors (Lipinski definition) is 5. The number of halogens is 1. The highest BCUT2D eigenvalue weighted by molar-refractivity contribution is 7.16. The minimum absolute atomic E-state index is 0.281. The van der Waals surface area contributed by atoms with Crippen LogP contribution in [0.15, 0.2) is 36.4 Å². The van der Waals surface area contributed by atoms with Crippen LogP contribution >= 0.6 is 22.9 Å². The van der Waals surface area contributed by atoms with Gasteiger partial charge in [-0.15, -0.1) is 11.3 Å². The Hall–Kier alpha value is -2.44. The number of aromatic nitrogens is 1. The average Bonchev–Trinajstić information content (AvgIpc) is 3.04. The number of carbonyl (C=O) groups excluding carboxylic acids is 2. The van der Waals surface area contributed by atoms with Gasteiger partial charge in [-0.25, -0.2) is 4.79 Å². The van der Waals surface area contributed by atoms with Gasteiger partial charge in [0.15, 0.2) is 6.61 Å². The minimum atomic E-state index is -0.538.